The zero-order chi connectivity index (χ0) is 21.3. The number of rotatable bonds is 7. The molecule has 1 N–H and O–H groups in total. The minimum absolute atomic E-state index is 0.0494. The summed E-state index contributed by atoms with van der Waals surface area (Å²) in [5.74, 6) is 0.538. The van der Waals surface area contributed by atoms with Crippen molar-refractivity contribution in [2.75, 3.05) is 56.9 Å². The van der Waals surface area contributed by atoms with E-state index in [1.54, 1.807) is 0 Å². The maximum absolute atomic E-state index is 12.6. The van der Waals surface area contributed by atoms with E-state index in [1.165, 1.54) is 18.2 Å². The van der Waals surface area contributed by atoms with Crippen molar-refractivity contribution in [1.29, 1.82) is 5.26 Å². The molecule has 1 atom stereocenters. The van der Waals surface area contributed by atoms with E-state index in [4.69, 9.17) is 5.26 Å². The van der Waals surface area contributed by atoms with Crippen molar-refractivity contribution in [3.05, 3.63) is 24.3 Å². The highest BCUT2D eigenvalue weighted by atomic mass is 32.2. The van der Waals surface area contributed by atoms with Gasteiger partial charge in [-0.25, -0.2) is 0 Å². The average molecular weight is 430 g/mol. The quantitative estimate of drug-likeness (QED) is 0.670. The monoisotopic (exact) mass is 429 g/mol. The number of benzene rings is 1. The first-order valence-corrected chi connectivity index (χ1v) is 11.7. The molecule has 0 aliphatic carbocycles. The van der Waals surface area contributed by atoms with E-state index in [1.807, 2.05) is 29.2 Å². The van der Waals surface area contributed by atoms with Crippen LogP contribution in [0.25, 0.3) is 0 Å². The number of nitrogens with one attached hydrogen (secondary N) is 1. The molecule has 2 amide bonds. The molecular formula is C22H31N5O2S. The number of likely N-dealkylation sites (tertiary alicyclic amines) is 1. The van der Waals surface area contributed by atoms with Gasteiger partial charge in [0.2, 0.25) is 11.8 Å². The van der Waals surface area contributed by atoms with Crippen molar-refractivity contribution in [1.82, 2.24) is 14.7 Å². The van der Waals surface area contributed by atoms with Crippen LogP contribution in [0.4, 0.5) is 5.69 Å². The van der Waals surface area contributed by atoms with Crippen LogP contribution in [0, 0.1) is 11.3 Å². The highest BCUT2D eigenvalue weighted by Crippen LogP contribution is 2.26. The Balaban J connectivity index is 1.42. The van der Waals surface area contributed by atoms with Crippen LogP contribution in [-0.2, 0) is 9.59 Å². The molecule has 3 rings (SSSR count). The summed E-state index contributed by atoms with van der Waals surface area (Å²) in [5.41, 5.74) is 0.752. The second-order valence-corrected chi connectivity index (χ2v) is 8.99. The standard InChI is InChI=1S/C22H31N5O2S/c1-18-6-4-5-10-27(18)22(29)17-26-13-11-25(12-14-26)16-21(28)24-19-7-2-3-8-20(19)30-15-9-23/h2-3,7-8,18H,4-6,10-17H2,1H3,(H,24,28)/t18-/m1/s1. The third-order valence-electron chi connectivity index (χ3n) is 5.77. The highest BCUT2D eigenvalue weighted by molar-refractivity contribution is 7.99. The van der Waals surface area contributed by atoms with Crippen LogP contribution >= 0.6 is 11.8 Å². The van der Waals surface area contributed by atoms with Crippen LogP contribution in [-0.4, -0.2) is 84.1 Å². The zero-order valence-corrected chi connectivity index (χ0v) is 18.5. The van der Waals surface area contributed by atoms with E-state index < -0.39 is 0 Å². The van der Waals surface area contributed by atoms with Gasteiger partial charge < -0.3 is 10.2 Å². The Morgan fingerprint density at radius 2 is 1.80 bits per heavy atom. The number of nitriles is 1. The van der Waals surface area contributed by atoms with Gasteiger partial charge in [-0.2, -0.15) is 5.26 Å². The molecule has 1 aromatic rings. The summed E-state index contributed by atoms with van der Waals surface area (Å²) in [4.78, 5) is 32.4. The molecular weight excluding hydrogens is 398 g/mol. The number of piperazine rings is 1. The Bertz CT molecular complexity index is 773. The van der Waals surface area contributed by atoms with Crippen LogP contribution in [0.1, 0.15) is 26.2 Å². The van der Waals surface area contributed by atoms with Gasteiger partial charge in [-0.15, -0.1) is 11.8 Å². The van der Waals surface area contributed by atoms with Gasteiger partial charge in [0, 0.05) is 43.7 Å². The molecule has 2 aliphatic rings. The molecule has 2 heterocycles. The lowest BCUT2D eigenvalue weighted by Gasteiger charge is -2.37. The molecule has 30 heavy (non-hydrogen) atoms. The number of piperidine rings is 1. The van der Waals surface area contributed by atoms with E-state index in [0.29, 0.717) is 24.9 Å². The molecule has 7 nitrogen and oxygen atoms in total. The van der Waals surface area contributed by atoms with Crippen LogP contribution in [0.5, 0.6) is 0 Å². The van der Waals surface area contributed by atoms with Gasteiger partial charge in [-0.3, -0.25) is 19.4 Å². The van der Waals surface area contributed by atoms with E-state index in [-0.39, 0.29) is 11.8 Å². The molecule has 0 aromatic heterocycles. The third kappa shape index (κ3) is 6.46. The molecule has 1 aromatic carbocycles. The smallest absolute Gasteiger partial charge is 0.238 e. The van der Waals surface area contributed by atoms with E-state index in [2.05, 4.69) is 28.1 Å². The minimum atomic E-state index is -0.0494. The van der Waals surface area contributed by atoms with Gasteiger partial charge in [0.15, 0.2) is 0 Å². The molecule has 0 unspecified atom stereocenters. The predicted octanol–water partition coefficient (Wildman–Crippen LogP) is 2.26. The fourth-order valence-corrected chi connectivity index (χ4v) is 4.72. The van der Waals surface area contributed by atoms with Gasteiger partial charge in [-0.1, -0.05) is 12.1 Å². The first-order valence-electron chi connectivity index (χ1n) is 10.7. The summed E-state index contributed by atoms with van der Waals surface area (Å²) >= 11 is 1.42. The number of nitrogens with zero attached hydrogens (tertiary/aromatic N) is 4. The third-order valence-corrected chi connectivity index (χ3v) is 6.71. The Labute approximate surface area is 183 Å². The van der Waals surface area contributed by atoms with Gasteiger partial charge in [0.05, 0.1) is 30.6 Å². The van der Waals surface area contributed by atoms with Crippen molar-refractivity contribution in [3.8, 4) is 6.07 Å². The topological polar surface area (TPSA) is 79.7 Å². The second kappa shape index (κ2) is 11.3. The second-order valence-electron chi connectivity index (χ2n) is 7.98. The van der Waals surface area contributed by atoms with Gasteiger partial charge in [0.25, 0.3) is 0 Å². The maximum atomic E-state index is 12.6. The summed E-state index contributed by atoms with van der Waals surface area (Å²) in [5, 5.41) is 11.8. The molecule has 0 saturated carbocycles. The lowest BCUT2D eigenvalue weighted by atomic mass is 10.0. The normalized spacial score (nSPS) is 20.5. The van der Waals surface area contributed by atoms with Gasteiger partial charge >= 0.3 is 0 Å². The Kier molecular flexibility index (Phi) is 8.55. The minimum Gasteiger partial charge on any atom is -0.339 e. The maximum Gasteiger partial charge on any atom is 0.238 e. The van der Waals surface area contributed by atoms with E-state index in [9.17, 15) is 9.59 Å². The zero-order valence-electron chi connectivity index (χ0n) is 17.7. The van der Waals surface area contributed by atoms with E-state index >= 15 is 0 Å². The van der Waals surface area contributed by atoms with Crippen LogP contribution in [0.15, 0.2) is 29.2 Å². The number of hydrogen-bond donors (Lipinski definition) is 1. The first kappa shape index (κ1) is 22.6. The number of anilines is 1. The highest BCUT2D eigenvalue weighted by Gasteiger charge is 2.26. The largest absolute Gasteiger partial charge is 0.339 e. The average Bonchev–Trinajstić information content (AvgIpc) is 2.74. The first-order chi connectivity index (χ1) is 14.6. The molecule has 2 saturated heterocycles. The molecule has 8 heteroatoms. The number of amides is 2. The van der Waals surface area contributed by atoms with Crippen LogP contribution < -0.4 is 5.32 Å². The molecule has 162 valence electrons. The SMILES string of the molecule is C[C@@H]1CCCCN1C(=O)CN1CCN(CC(=O)Nc2ccccc2SCC#N)CC1. The summed E-state index contributed by atoms with van der Waals surface area (Å²) in [7, 11) is 0. The Morgan fingerprint density at radius 3 is 2.50 bits per heavy atom. The summed E-state index contributed by atoms with van der Waals surface area (Å²) < 4.78 is 0. The van der Waals surface area contributed by atoms with Gasteiger partial charge in [0.1, 0.15) is 0 Å². The molecule has 2 aliphatic heterocycles. The number of hydrogen-bond acceptors (Lipinski definition) is 6. The van der Waals surface area contributed by atoms with E-state index in [0.717, 1.165) is 56.1 Å². The van der Waals surface area contributed by atoms with Crippen LogP contribution in [0.3, 0.4) is 0 Å². The van der Waals surface area contributed by atoms with Crippen molar-refractivity contribution < 1.29 is 9.59 Å². The summed E-state index contributed by atoms with van der Waals surface area (Å²) in [6.07, 6.45) is 3.43. The predicted molar refractivity (Wildman–Crippen MR) is 119 cm³/mol. The lowest BCUT2D eigenvalue weighted by Crippen LogP contribution is -2.53. The van der Waals surface area contributed by atoms with Crippen molar-refractivity contribution in [2.45, 2.75) is 37.1 Å². The summed E-state index contributed by atoms with van der Waals surface area (Å²) in [6.45, 7) is 7.00. The number of para-hydroxylation sites is 1. The van der Waals surface area contributed by atoms with Gasteiger partial charge in [-0.05, 0) is 38.3 Å². The summed E-state index contributed by atoms with van der Waals surface area (Å²) in [6, 6.07) is 10.0. The Morgan fingerprint density at radius 1 is 1.10 bits per heavy atom. The molecule has 0 bridgehead atoms. The number of carbonyl (C=O) groups excluding carboxylic acids is 2. The van der Waals surface area contributed by atoms with Crippen molar-refractivity contribution in [3.63, 3.8) is 0 Å². The number of thioether (sulfide) groups is 1. The number of carbonyl (C=O) groups is 2. The van der Waals surface area contributed by atoms with Crippen molar-refractivity contribution >= 4 is 29.3 Å². The lowest BCUT2D eigenvalue weighted by molar-refractivity contribution is -0.136. The fraction of sp³-hybridized carbons (Fsp3) is 0.591. The molecule has 2 fully saturated rings. The molecule has 0 spiro atoms. The Hall–Kier alpha value is -2.08. The molecule has 0 radical (unpaired) electrons. The van der Waals surface area contributed by atoms with Crippen LogP contribution in [0.2, 0.25) is 0 Å². The van der Waals surface area contributed by atoms with Crippen molar-refractivity contribution in [2.24, 2.45) is 0 Å². The fourth-order valence-electron chi connectivity index (χ4n) is 4.05.